The minimum atomic E-state index is -3.69. The van der Waals surface area contributed by atoms with Gasteiger partial charge in [-0.05, 0) is 31.2 Å². The highest BCUT2D eigenvalue weighted by molar-refractivity contribution is 7.89. The summed E-state index contributed by atoms with van der Waals surface area (Å²) in [5.74, 6) is -0.414. The van der Waals surface area contributed by atoms with E-state index in [1.54, 1.807) is 0 Å². The Labute approximate surface area is 112 Å². The lowest BCUT2D eigenvalue weighted by atomic mass is 9.86. The van der Waals surface area contributed by atoms with E-state index >= 15 is 0 Å². The first-order valence-corrected chi connectivity index (χ1v) is 7.81. The molecule has 19 heavy (non-hydrogen) atoms. The van der Waals surface area contributed by atoms with Crippen LogP contribution in [0.15, 0.2) is 23.4 Å². The van der Waals surface area contributed by atoms with Gasteiger partial charge in [0.25, 0.3) is 0 Å². The fourth-order valence-electron chi connectivity index (χ4n) is 2.37. The maximum absolute atomic E-state index is 13.0. The van der Waals surface area contributed by atoms with Gasteiger partial charge in [0.05, 0.1) is 6.20 Å². The highest BCUT2D eigenvalue weighted by Gasteiger charge is 2.22. The van der Waals surface area contributed by atoms with Crippen LogP contribution in [0.3, 0.4) is 0 Å². The third-order valence-corrected chi connectivity index (χ3v) is 4.77. The molecule has 7 heteroatoms. The van der Waals surface area contributed by atoms with Gasteiger partial charge in [-0.15, -0.1) is 0 Å². The van der Waals surface area contributed by atoms with Gasteiger partial charge in [0.2, 0.25) is 10.0 Å². The summed E-state index contributed by atoms with van der Waals surface area (Å²) in [6, 6.07) is 1.11. The van der Waals surface area contributed by atoms with Crippen LogP contribution in [0.1, 0.15) is 25.7 Å². The molecule has 0 amide bonds. The summed E-state index contributed by atoms with van der Waals surface area (Å²) in [6.45, 7) is 0.340. The number of nitrogens with one attached hydrogen (secondary N) is 1. The summed E-state index contributed by atoms with van der Waals surface area (Å²) in [7, 11) is -3.69. The third-order valence-electron chi connectivity index (χ3n) is 3.38. The first kappa shape index (κ1) is 14.4. The lowest BCUT2D eigenvalue weighted by Crippen LogP contribution is -2.35. The average molecular weight is 287 g/mol. The molecule has 1 aromatic rings. The van der Waals surface area contributed by atoms with Gasteiger partial charge in [-0.2, -0.15) is 0 Å². The number of nitrogens with two attached hydrogens (primary N) is 1. The second kappa shape index (κ2) is 5.94. The number of hydrogen-bond acceptors (Lipinski definition) is 4. The zero-order chi connectivity index (χ0) is 13.9. The minimum Gasteiger partial charge on any atom is -0.328 e. The van der Waals surface area contributed by atoms with Gasteiger partial charge in [-0.3, -0.25) is 4.98 Å². The van der Waals surface area contributed by atoms with Crippen LogP contribution < -0.4 is 10.5 Å². The fraction of sp³-hybridized carbons (Fsp3) is 0.583. The lowest BCUT2D eigenvalue weighted by molar-refractivity contribution is 0.322. The number of pyridine rings is 1. The molecule has 2 rings (SSSR count). The molecule has 2 atom stereocenters. The Kier molecular flexibility index (Phi) is 4.49. The molecule has 2 unspecified atom stereocenters. The number of nitrogens with zero attached hydrogens (tertiary/aromatic N) is 1. The first-order valence-electron chi connectivity index (χ1n) is 6.33. The highest BCUT2D eigenvalue weighted by atomic mass is 32.2. The van der Waals surface area contributed by atoms with Crippen LogP contribution in [0.2, 0.25) is 0 Å². The van der Waals surface area contributed by atoms with E-state index in [0.717, 1.165) is 44.1 Å². The number of halogens is 1. The van der Waals surface area contributed by atoms with Crippen LogP contribution in [-0.2, 0) is 10.0 Å². The Morgan fingerprint density at radius 3 is 2.89 bits per heavy atom. The predicted octanol–water partition coefficient (Wildman–Crippen LogP) is 1.02. The maximum Gasteiger partial charge on any atom is 0.242 e. The van der Waals surface area contributed by atoms with Crippen molar-refractivity contribution in [3.63, 3.8) is 0 Å². The van der Waals surface area contributed by atoms with Gasteiger partial charge in [0, 0.05) is 18.8 Å². The molecule has 0 aliphatic heterocycles. The average Bonchev–Trinajstić information content (AvgIpc) is 2.37. The molecule has 1 saturated carbocycles. The van der Waals surface area contributed by atoms with Gasteiger partial charge in [0.1, 0.15) is 10.7 Å². The molecule has 0 saturated heterocycles. The monoisotopic (exact) mass is 287 g/mol. The van der Waals surface area contributed by atoms with Crippen molar-refractivity contribution in [1.82, 2.24) is 9.71 Å². The number of rotatable bonds is 4. The maximum atomic E-state index is 13.0. The normalized spacial score (nSPS) is 24.3. The lowest BCUT2D eigenvalue weighted by Gasteiger charge is -2.26. The van der Waals surface area contributed by atoms with Crippen LogP contribution in [0.4, 0.5) is 4.39 Å². The zero-order valence-electron chi connectivity index (χ0n) is 10.5. The minimum absolute atomic E-state index is 0.146. The fourth-order valence-corrected chi connectivity index (χ4v) is 3.46. The van der Waals surface area contributed by atoms with E-state index in [0.29, 0.717) is 6.54 Å². The Hall–Kier alpha value is -1.05. The summed E-state index contributed by atoms with van der Waals surface area (Å²) < 4.78 is 39.4. The van der Waals surface area contributed by atoms with E-state index in [4.69, 9.17) is 5.73 Å². The molecule has 0 bridgehead atoms. The third kappa shape index (κ3) is 3.95. The Balaban J connectivity index is 1.98. The van der Waals surface area contributed by atoms with E-state index in [1.807, 2.05) is 0 Å². The molecular formula is C12H18FN3O2S. The quantitative estimate of drug-likeness (QED) is 0.865. The standard InChI is InChI=1S/C12H18FN3O2S/c13-10-5-12(8-15-7-10)19(17,18)16-6-9-2-1-3-11(14)4-9/h5,7-9,11,16H,1-4,6,14H2. The molecule has 1 aliphatic carbocycles. The van der Waals surface area contributed by atoms with E-state index in [-0.39, 0.29) is 16.9 Å². The molecule has 0 spiro atoms. The number of sulfonamides is 1. The molecule has 5 nitrogen and oxygen atoms in total. The van der Waals surface area contributed by atoms with Crippen molar-refractivity contribution >= 4 is 10.0 Å². The van der Waals surface area contributed by atoms with Crippen molar-refractivity contribution in [1.29, 1.82) is 0 Å². The van der Waals surface area contributed by atoms with Crippen LogP contribution in [-0.4, -0.2) is 26.0 Å². The van der Waals surface area contributed by atoms with E-state index in [1.165, 1.54) is 0 Å². The van der Waals surface area contributed by atoms with Gasteiger partial charge in [-0.1, -0.05) is 6.42 Å². The van der Waals surface area contributed by atoms with Crippen LogP contribution in [0.25, 0.3) is 0 Å². The van der Waals surface area contributed by atoms with Crippen molar-refractivity contribution in [2.75, 3.05) is 6.54 Å². The second-order valence-corrected chi connectivity index (χ2v) is 6.75. The molecule has 0 radical (unpaired) electrons. The number of hydrogen-bond donors (Lipinski definition) is 2. The summed E-state index contributed by atoms with van der Waals surface area (Å²) in [5.41, 5.74) is 5.86. The van der Waals surface area contributed by atoms with E-state index in [9.17, 15) is 12.8 Å². The first-order chi connectivity index (χ1) is 8.97. The zero-order valence-corrected chi connectivity index (χ0v) is 11.4. The van der Waals surface area contributed by atoms with Crippen molar-refractivity contribution in [3.05, 3.63) is 24.3 Å². The summed E-state index contributed by atoms with van der Waals surface area (Å²) in [5, 5.41) is 0. The molecular weight excluding hydrogens is 269 g/mol. The highest BCUT2D eigenvalue weighted by Crippen LogP contribution is 2.22. The van der Waals surface area contributed by atoms with Crippen molar-refractivity contribution in [2.45, 2.75) is 36.6 Å². The van der Waals surface area contributed by atoms with Crippen molar-refractivity contribution < 1.29 is 12.8 Å². The number of aromatic nitrogens is 1. The topological polar surface area (TPSA) is 85.1 Å². The van der Waals surface area contributed by atoms with Gasteiger partial charge < -0.3 is 5.73 Å². The van der Waals surface area contributed by atoms with Crippen LogP contribution in [0.5, 0.6) is 0 Å². The summed E-state index contributed by atoms with van der Waals surface area (Å²) in [4.78, 5) is 3.40. The van der Waals surface area contributed by atoms with E-state index < -0.39 is 15.8 Å². The van der Waals surface area contributed by atoms with Crippen molar-refractivity contribution in [3.8, 4) is 0 Å². The predicted molar refractivity (Wildman–Crippen MR) is 69.3 cm³/mol. The molecule has 106 valence electrons. The second-order valence-electron chi connectivity index (χ2n) is 4.98. The Morgan fingerprint density at radius 1 is 1.42 bits per heavy atom. The van der Waals surface area contributed by atoms with Crippen LogP contribution >= 0.6 is 0 Å². The smallest absolute Gasteiger partial charge is 0.242 e. The largest absolute Gasteiger partial charge is 0.328 e. The SMILES string of the molecule is NC1CCCC(CNS(=O)(=O)c2cncc(F)c2)C1. The van der Waals surface area contributed by atoms with Crippen molar-refractivity contribution in [2.24, 2.45) is 11.7 Å². The van der Waals surface area contributed by atoms with Gasteiger partial charge in [0.15, 0.2) is 0 Å². The molecule has 3 N–H and O–H groups in total. The Bertz CT molecular complexity index is 536. The molecule has 1 heterocycles. The van der Waals surface area contributed by atoms with Gasteiger partial charge in [-0.25, -0.2) is 17.5 Å². The summed E-state index contributed by atoms with van der Waals surface area (Å²) in [6.07, 6.45) is 5.92. The molecule has 0 aromatic carbocycles. The Morgan fingerprint density at radius 2 is 2.21 bits per heavy atom. The van der Waals surface area contributed by atoms with Gasteiger partial charge >= 0.3 is 0 Å². The van der Waals surface area contributed by atoms with Crippen LogP contribution in [0, 0.1) is 11.7 Å². The molecule has 1 aliphatic rings. The van der Waals surface area contributed by atoms with E-state index in [2.05, 4.69) is 9.71 Å². The molecule has 1 fully saturated rings. The molecule has 1 aromatic heterocycles. The summed E-state index contributed by atoms with van der Waals surface area (Å²) >= 11 is 0.